The van der Waals surface area contributed by atoms with Gasteiger partial charge >= 0.3 is 0 Å². The molecular formula is C17H12Cl2N2O. The SMILES string of the molecule is N#C/C(=C/c1ccc(Cl)c(Cl)c1)C(=O)NCc1ccccc1. The molecule has 0 atom stereocenters. The summed E-state index contributed by atoms with van der Waals surface area (Å²) in [4.78, 5) is 12.0. The summed E-state index contributed by atoms with van der Waals surface area (Å²) in [6.45, 7) is 0.361. The van der Waals surface area contributed by atoms with Gasteiger partial charge in [-0.15, -0.1) is 0 Å². The Labute approximate surface area is 138 Å². The van der Waals surface area contributed by atoms with E-state index >= 15 is 0 Å². The van der Waals surface area contributed by atoms with E-state index in [1.54, 1.807) is 18.2 Å². The molecule has 2 aromatic carbocycles. The minimum absolute atomic E-state index is 0.00863. The smallest absolute Gasteiger partial charge is 0.262 e. The Balaban J connectivity index is 2.10. The monoisotopic (exact) mass is 330 g/mol. The highest BCUT2D eigenvalue weighted by Crippen LogP contribution is 2.23. The number of nitrogens with zero attached hydrogens (tertiary/aromatic N) is 1. The largest absolute Gasteiger partial charge is 0.347 e. The zero-order chi connectivity index (χ0) is 15.9. The van der Waals surface area contributed by atoms with E-state index in [1.807, 2.05) is 36.4 Å². The molecule has 0 saturated heterocycles. The molecule has 2 aromatic rings. The summed E-state index contributed by atoms with van der Waals surface area (Å²) in [5.41, 5.74) is 1.61. The molecule has 0 heterocycles. The van der Waals surface area contributed by atoms with Gasteiger partial charge in [-0.05, 0) is 29.3 Å². The van der Waals surface area contributed by atoms with Crippen molar-refractivity contribution in [2.45, 2.75) is 6.54 Å². The van der Waals surface area contributed by atoms with E-state index in [9.17, 15) is 4.79 Å². The standard InChI is InChI=1S/C17H12Cl2N2O/c18-15-7-6-13(9-16(15)19)8-14(10-20)17(22)21-11-12-4-2-1-3-5-12/h1-9H,11H2,(H,21,22)/b14-8-. The molecule has 3 nitrogen and oxygen atoms in total. The van der Waals surface area contributed by atoms with Crippen LogP contribution < -0.4 is 5.32 Å². The lowest BCUT2D eigenvalue weighted by atomic mass is 10.1. The molecule has 0 aromatic heterocycles. The highest BCUT2D eigenvalue weighted by atomic mass is 35.5. The number of hydrogen-bond acceptors (Lipinski definition) is 2. The predicted octanol–water partition coefficient (Wildman–Crippen LogP) is 4.22. The number of carbonyl (C=O) groups excluding carboxylic acids is 1. The third-order valence-electron chi connectivity index (χ3n) is 2.92. The lowest BCUT2D eigenvalue weighted by molar-refractivity contribution is -0.117. The lowest BCUT2D eigenvalue weighted by Gasteiger charge is -2.04. The van der Waals surface area contributed by atoms with Crippen LogP contribution >= 0.6 is 23.2 Å². The van der Waals surface area contributed by atoms with E-state index in [-0.39, 0.29) is 5.57 Å². The molecule has 2 rings (SSSR count). The van der Waals surface area contributed by atoms with E-state index in [0.717, 1.165) is 5.56 Å². The Kier molecular flexibility index (Phi) is 5.60. The minimum atomic E-state index is -0.433. The van der Waals surface area contributed by atoms with Crippen molar-refractivity contribution in [1.29, 1.82) is 5.26 Å². The Hall–Kier alpha value is -2.28. The van der Waals surface area contributed by atoms with Crippen LogP contribution in [0, 0.1) is 11.3 Å². The van der Waals surface area contributed by atoms with Crippen molar-refractivity contribution in [1.82, 2.24) is 5.32 Å². The summed E-state index contributed by atoms with van der Waals surface area (Å²) < 4.78 is 0. The molecule has 0 unspecified atom stereocenters. The highest BCUT2D eigenvalue weighted by Gasteiger charge is 2.09. The normalized spacial score (nSPS) is 10.9. The van der Waals surface area contributed by atoms with Crippen LogP contribution in [0.25, 0.3) is 6.08 Å². The number of rotatable bonds is 4. The number of nitrogens with one attached hydrogen (secondary N) is 1. The molecule has 5 heteroatoms. The summed E-state index contributed by atoms with van der Waals surface area (Å²) >= 11 is 11.8. The first-order valence-electron chi connectivity index (χ1n) is 6.49. The molecule has 0 fully saturated rings. The quantitative estimate of drug-likeness (QED) is 0.674. The van der Waals surface area contributed by atoms with E-state index in [1.165, 1.54) is 6.08 Å². The molecule has 0 saturated carbocycles. The van der Waals surface area contributed by atoms with Crippen molar-refractivity contribution < 1.29 is 4.79 Å². The third-order valence-corrected chi connectivity index (χ3v) is 3.65. The molecule has 1 amide bonds. The van der Waals surface area contributed by atoms with Gasteiger partial charge in [-0.2, -0.15) is 5.26 Å². The Morgan fingerprint density at radius 1 is 1.14 bits per heavy atom. The molecule has 0 spiro atoms. The van der Waals surface area contributed by atoms with Crippen molar-refractivity contribution in [2.75, 3.05) is 0 Å². The van der Waals surface area contributed by atoms with Crippen LogP contribution in [0.4, 0.5) is 0 Å². The van der Waals surface area contributed by atoms with Crippen molar-refractivity contribution >= 4 is 35.2 Å². The van der Waals surface area contributed by atoms with Crippen LogP contribution in [0.3, 0.4) is 0 Å². The molecular weight excluding hydrogens is 319 g/mol. The van der Waals surface area contributed by atoms with Gasteiger partial charge in [0.05, 0.1) is 10.0 Å². The average Bonchev–Trinajstić information content (AvgIpc) is 2.54. The fourth-order valence-electron chi connectivity index (χ4n) is 1.79. The van der Waals surface area contributed by atoms with Gasteiger partial charge < -0.3 is 5.32 Å². The van der Waals surface area contributed by atoms with Gasteiger partial charge in [0, 0.05) is 6.54 Å². The van der Waals surface area contributed by atoms with E-state index < -0.39 is 5.91 Å². The lowest BCUT2D eigenvalue weighted by Crippen LogP contribution is -2.23. The Morgan fingerprint density at radius 2 is 1.86 bits per heavy atom. The summed E-state index contributed by atoms with van der Waals surface area (Å²) in [6, 6.07) is 16.3. The van der Waals surface area contributed by atoms with Crippen molar-refractivity contribution in [3.05, 3.63) is 75.3 Å². The van der Waals surface area contributed by atoms with Crippen LogP contribution in [-0.4, -0.2) is 5.91 Å². The number of carbonyl (C=O) groups is 1. The second-order valence-corrected chi connectivity index (χ2v) is 5.33. The van der Waals surface area contributed by atoms with Gasteiger partial charge in [-0.1, -0.05) is 59.6 Å². The molecule has 22 heavy (non-hydrogen) atoms. The van der Waals surface area contributed by atoms with E-state index in [4.69, 9.17) is 28.5 Å². The fourth-order valence-corrected chi connectivity index (χ4v) is 2.10. The van der Waals surface area contributed by atoms with Crippen LogP contribution in [0.15, 0.2) is 54.1 Å². The Bertz CT molecular complexity index is 749. The van der Waals surface area contributed by atoms with Crippen molar-refractivity contribution in [2.24, 2.45) is 0 Å². The second kappa shape index (κ2) is 7.65. The number of amides is 1. The molecule has 1 N–H and O–H groups in total. The van der Waals surface area contributed by atoms with Gasteiger partial charge in [-0.3, -0.25) is 4.79 Å². The number of nitriles is 1. The second-order valence-electron chi connectivity index (χ2n) is 4.51. The van der Waals surface area contributed by atoms with E-state index in [0.29, 0.717) is 22.2 Å². The molecule has 110 valence electrons. The molecule has 0 radical (unpaired) electrons. The summed E-state index contributed by atoms with van der Waals surface area (Å²) in [6.07, 6.45) is 1.47. The molecule has 0 aliphatic heterocycles. The van der Waals surface area contributed by atoms with Gasteiger partial charge in [0.2, 0.25) is 0 Å². The van der Waals surface area contributed by atoms with Gasteiger partial charge in [-0.25, -0.2) is 0 Å². The number of benzene rings is 2. The first-order chi connectivity index (χ1) is 10.6. The molecule has 0 bridgehead atoms. The van der Waals surface area contributed by atoms with Crippen LogP contribution in [0.5, 0.6) is 0 Å². The summed E-state index contributed by atoms with van der Waals surface area (Å²) in [5, 5.41) is 12.6. The first-order valence-corrected chi connectivity index (χ1v) is 7.24. The van der Waals surface area contributed by atoms with Gasteiger partial charge in [0.15, 0.2) is 0 Å². The van der Waals surface area contributed by atoms with Crippen LogP contribution in [-0.2, 0) is 11.3 Å². The predicted molar refractivity (Wildman–Crippen MR) is 88.3 cm³/mol. The maximum Gasteiger partial charge on any atom is 0.262 e. The highest BCUT2D eigenvalue weighted by molar-refractivity contribution is 6.42. The van der Waals surface area contributed by atoms with Crippen molar-refractivity contribution in [3.63, 3.8) is 0 Å². The average molecular weight is 331 g/mol. The molecule has 0 aliphatic carbocycles. The zero-order valence-electron chi connectivity index (χ0n) is 11.5. The maximum atomic E-state index is 12.0. The number of halogens is 2. The first kappa shape index (κ1) is 16.1. The van der Waals surface area contributed by atoms with Crippen LogP contribution in [0.1, 0.15) is 11.1 Å². The van der Waals surface area contributed by atoms with Gasteiger partial charge in [0.1, 0.15) is 11.6 Å². The van der Waals surface area contributed by atoms with Crippen molar-refractivity contribution in [3.8, 4) is 6.07 Å². The topological polar surface area (TPSA) is 52.9 Å². The zero-order valence-corrected chi connectivity index (χ0v) is 13.0. The van der Waals surface area contributed by atoms with Crippen LogP contribution in [0.2, 0.25) is 10.0 Å². The van der Waals surface area contributed by atoms with E-state index in [2.05, 4.69) is 5.32 Å². The van der Waals surface area contributed by atoms with Gasteiger partial charge in [0.25, 0.3) is 5.91 Å². The molecule has 0 aliphatic rings. The summed E-state index contributed by atoms with van der Waals surface area (Å²) in [5.74, 6) is -0.433. The maximum absolute atomic E-state index is 12.0. The fraction of sp³-hybridized carbons (Fsp3) is 0.0588. The number of hydrogen-bond donors (Lipinski definition) is 1. The summed E-state index contributed by atoms with van der Waals surface area (Å²) in [7, 11) is 0. The third kappa shape index (κ3) is 4.36. The minimum Gasteiger partial charge on any atom is -0.347 e. The Morgan fingerprint density at radius 3 is 2.50 bits per heavy atom.